The van der Waals surface area contributed by atoms with Crippen LogP contribution in [0.15, 0.2) is 25.3 Å². The average molecular weight is 224 g/mol. The lowest BCUT2D eigenvalue weighted by molar-refractivity contribution is 0.186. The van der Waals surface area contributed by atoms with Crippen molar-refractivity contribution >= 4 is 21.0 Å². The van der Waals surface area contributed by atoms with Crippen molar-refractivity contribution in [1.82, 2.24) is 0 Å². The van der Waals surface area contributed by atoms with Crippen LogP contribution in [0, 0.1) is 0 Å². The molecule has 1 atom stereocenters. The molecule has 0 aromatic rings. The van der Waals surface area contributed by atoms with Crippen LogP contribution in [-0.2, 0) is 10.2 Å². The first-order valence-corrected chi connectivity index (χ1v) is 6.50. The van der Waals surface area contributed by atoms with E-state index in [1.165, 1.54) is 10.8 Å². The van der Waals surface area contributed by atoms with Gasteiger partial charge in [0.2, 0.25) is 0 Å². The van der Waals surface area contributed by atoms with Crippen molar-refractivity contribution in [3.8, 4) is 0 Å². The molecule has 78 valence electrons. The van der Waals surface area contributed by atoms with Crippen molar-refractivity contribution < 1.29 is 14.8 Å². The molecule has 0 rings (SSSR count). The fourth-order valence-corrected chi connectivity index (χ4v) is 2.13. The van der Waals surface area contributed by atoms with Crippen LogP contribution >= 0.6 is 10.8 Å². The van der Waals surface area contributed by atoms with Crippen LogP contribution in [-0.4, -0.2) is 39.5 Å². The highest BCUT2D eigenvalue weighted by Gasteiger charge is 2.01. The van der Waals surface area contributed by atoms with E-state index in [1.54, 1.807) is 12.2 Å². The summed E-state index contributed by atoms with van der Waals surface area (Å²) in [5.41, 5.74) is 0. The maximum atomic E-state index is 10.8. The number of hydrogen-bond acceptors (Lipinski definition) is 4. The maximum Gasteiger partial charge on any atom is 0.135 e. The molecule has 0 aliphatic carbocycles. The summed E-state index contributed by atoms with van der Waals surface area (Å²) in [6.45, 7) is 6.74. The molecule has 13 heavy (non-hydrogen) atoms. The second kappa shape index (κ2) is 14.6. The number of rotatable bonds is 6. The predicted octanol–water partition coefficient (Wildman–Crippen LogP) is 0.726. The van der Waals surface area contributed by atoms with Crippen molar-refractivity contribution in [2.45, 2.75) is 0 Å². The lowest BCUT2D eigenvalue weighted by Gasteiger charge is -2.02. The highest BCUT2D eigenvalue weighted by molar-refractivity contribution is 8.72. The topological polar surface area (TPSA) is 63.5 Å². The van der Waals surface area contributed by atoms with E-state index >= 15 is 0 Å². The lowest BCUT2D eigenvalue weighted by Crippen LogP contribution is -1.97. The van der Waals surface area contributed by atoms with E-state index in [0.717, 1.165) is 5.75 Å². The molecule has 0 bridgehead atoms. The van der Waals surface area contributed by atoms with Gasteiger partial charge < -0.3 is 14.8 Å². The summed E-state index contributed by atoms with van der Waals surface area (Å²) < 4.78 is 10.8. The molecule has 3 nitrogen and oxygen atoms in total. The Bertz CT molecular complexity index is 118. The highest BCUT2D eigenvalue weighted by atomic mass is 33.1. The van der Waals surface area contributed by atoms with Gasteiger partial charge in [0, 0.05) is 10.2 Å². The average Bonchev–Trinajstić information content (AvgIpc) is 2.16. The van der Waals surface area contributed by atoms with Gasteiger partial charge >= 0.3 is 0 Å². The second-order valence-corrected chi connectivity index (χ2v) is 5.11. The van der Waals surface area contributed by atoms with Crippen molar-refractivity contribution in [1.29, 1.82) is 0 Å². The number of aliphatic hydroxyl groups excluding tert-OH is 2. The molecule has 0 saturated carbocycles. The van der Waals surface area contributed by atoms with Gasteiger partial charge in [-0.1, -0.05) is 12.7 Å². The van der Waals surface area contributed by atoms with Crippen molar-refractivity contribution in [3.05, 3.63) is 25.3 Å². The third-order valence-corrected chi connectivity index (χ3v) is 3.42. The van der Waals surface area contributed by atoms with Crippen molar-refractivity contribution in [2.75, 3.05) is 24.7 Å². The Labute approximate surface area is 86.1 Å². The standard InChI is InChI=1S/C6H10OS2.C2H6O2/c1-3-5-8-9(7)6-4-2;3-1-2-4/h3-4H,1-2,5-6H2;3-4H,1-2H2. The van der Waals surface area contributed by atoms with Crippen LogP contribution < -0.4 is 0 Å². The van der Waals surface area contributed by atoms with Crippen LogP contribution in [0.25, 0.3) is 0 Å². The van der Waals surface area contributed by atoms with E-state index in [9.17, 15) is 4.55 Å². The summed E-state index contributed by atoms with van der Waals surface area (Å²) in [6, 6.07) is 0. The summed E-state index contributed by atoms with van der Waals surface area (Å²) in [5, 5.41) is 15.2. The molecule has 0 aliphatic rings. The molecule has 5 heteroatoms. The van der Waals surface area contributed by atoms with Crippen LogP contribution in [0.5, 0.6) is 0 Å². The minimum absolute atomic E-state index is 0.125. The van der Waals surface area contributed by atoms with E-state index in [1.807, 2.05) is 0 Å². The minimum Gasteiger partial charge on any atom is -0.605 e. The van der Waals surface area contributed by atoms with Gasteiger partial charge in [0.05, 0.1) is 29.8 Å². The largest absolute Gasteiger partial charge is 0.605 e. The third-order valence-electron chi connectivity index (χ3n) is 0.671. The first-order chi connectivity index (χ1) is 6.22. The molecular weight excluding hydrogens is 208 g/mol. The Morgan fingerprint density at radius 1 is 1.23 bits per heavy atom. The van der Waals surface area contributed by atoms with Gasteiger partial charge in [-0.25, -0.2) is 0 Å². The molecule has 0 fully saturated rings. The fraction of sp³-hybridized carbons (Fsp3) is 0.500. The van der Waals surface area contributed by atoms with Crippen LogP contribution in [0.3, 0.4) is 0 Å². The Morgan fingerprint density at radius 2 is 1.77 bits per heavy atom. The minimum atomic E-state index is -0.793. The summed E-state index contributed by atoms with van der Waals surface area (Å²) >= 11 is 0. The highest BCUT2D eigenvalue weighted by Crippen LogP contribution is 2.12. The van der Waals surface area contributed by atoms with E-state index < -0.39 is 10.2 Å². The smallest absolute Gasteiger partial charge is 0.135 e. The fourth-order valence-electron chi connectivity index (χ4n) is 0.268. The van der Waals surface area contributed by atoms with Crippen molar-refractivity contribution in [2.24, 2.45) is 0 Å². The third kappa shape index (κ3) is 18.8. The predicted molar refractivity (Wildman–Crippen MR) is 60.0 cm³/mol. The molecular formula is C8H16O3S2. The second-order valence-electron chi connectivity index (χ2n) is 1.78. The summed E-state index contributed by atoms with van der Waals surface area (Å²) in [6.07, 6.45) is 3.40. The SMILES string of the molecule is C=CCS[S+]([O-])CC=C.OCCO. The van der Waals surface area contributed by atoms with Crippen LogP contribution in [0.1, 0.15) is 0 Å². The molecule has 0 aliphatic heterocycles. The molecule has 0 aromatic carbocycles. The molecule has 0 heterocycles. The van der Waals surface area contributed by atoms with Crippen LogP contribution in [0.2, 0.25) is 0 Å². The van der Waals surface area contributed by atoms with Gasteiger partial charge in [-0.2, -0.15) is 0 Å². The number of aliphatic hydroxyl groups is 2. The van der Waals surface area contributed by atoms with E-state index in [0.29, 0.717) is 5.75 Å². The van der Waals surface area contributed by atoms with Gasteiger partial charge in [-0.05, 0) is 6.08 Å². The molecule has 1 unspecified atom stereocenters. The molecule has 0 radical (unpaired) electrons. The van der Waals surface area contributed by atoms with Gasteiger partial charge in [-0.3, -0.25) is 0 Å². The zero-order valence-corrected chi connectivity index (χ0v) is 9.15. The zero-order chi connectivity index (χ0) is 10.5. The van der Waals surface area contributed by atoms with Crippen molar-refractivity contribution in [3.63, 3.8) is 0 Å². The quantitative estimate of drug-likeness (QED) is 0.396. The van der Waals surface area contributed by atoms with E-state index in [2.05, 4.69) is 13.2 Å². The summed E-state index contributed by atoms with van der Waals surface area (Å²) in [5.74, 6) is 1.32. The Hall–Kier alpha value is 0.0600. The summed E-state index contributed by atoms with van der Waals surface area (Å²) in [4.78, 5) is 0. The van der Waals surface area contributed by atoms with Gasteiger partial charge in [-0.15, -0.1) is 6.58 Å². The normalized spacial score (nSPS) is 11.0. The molecule has 0 aromatic heterocycles. The Kier molecular flexibility index (Phi) is 17.4. The van der Waals surface area contributed by atoms with E-state index in [4.69, 9.17) is 10.2 Å². The maximum absolute atomic E-state index is 10.8. The lowest BCUT2D eigenvalue weighted by atomic mass is 10.8. The number of hydrogen-bond donors (Lipinski definition) is 2. The first-order valence-electron chi connectivity index (χ1n) is 3.68. The summed E-state index contributed by atoms with van der Waals surface area (Å²) in [7, 11) is 0.591. The molecule has 0 amide bonds. The first kappa shape index (κ1) is 15.5. The van der Waals surface area contributed by atoms with E-state index in [-0.39, 0.29) is 13.2 Å². The monoisotopic (exact) mass is 224 g/mol. The van der Waals surface area contributed by atoms with Gasteiger partial charge in [0.25, 0.3) is 0 Å². The van der Waals surface area contributed by atoms with Gasteiger partial charge in [0.15, 0.2) is 0 Å². The van der Waals surface area contributed by atoms with Crippen LogP contribution in [0.4, 0.5) is 0 Å². The Balaban J connectivity index is 0. The molecule has 2 N–H and O–H groups in total. The molecule has 0 spiro atoms. The zero-order valence-electron chi connectivity index (χ0n) is 7.52. The Morgan fingerprint density at radius 3 is 2.08 bits per heavy atom. The molecule has 0 saturated heterocycles. The van der Waals surface area contributed by atoms with Gasteiger partial charge in [0.1, 0.15) is 5.75 Å².